The number of hydrogen-bond acceptors (Lipinski definition) is 3. The average molecular weight is 531 g/mol. The molecule has 0 spiro atoms. The highest BCUT2D eigenvalue weighted by Gasteiger charge is 2.10. The van der Waals surface area contributed by atoms with Gasteiger partial charge in [-0.2, -0.15) is 0 Å². The van der Waals surface area contributed by atoms with Crippen molar-refractivity contribution >= 4 is 53.1 Å². The smallest absolute Gasteiger partial charge is 0.191 e. The zero-order valence-electron chi connectivity index (χ0n) is 16.6. The van der Waals surface area contributed by atoms with Gasteiger partial charge in [-0.05, 0) is 71.0 Å². The van der Waals surface area contributed by atoms with Crippen molar-refractivity contribution in [2.75, 3.05) is 33.2 Å². The number of nitrogens with one attached hydrogen (secondary N) is 2. The molecule has 1 aromatic rings. The van der Waals surface area contributed by atoms with Crippen molar-refractivity contribution in [1.82, 2.24) is 15.5 Å². The van der Waals surface area contributed by atoms with Crippen molar-refractivity contribution in [2.45, 2.75) is 45.8 Å². The number of halogens is 3. The summed E-state index contributed by atoms with van der Waals surface area (Å²) in [5.41, 5.74) is 0.666. The van der Waals surface area contributed by atoms with Crippen LogP contribution >= 0.6 is 47.2 Å². The summed E-state index contributed by atoms with van der Waals surface area (Å²) >= 11 is 12.0. The molecule has 0 heterocycles. The molecule has 0 saturated carbocycles. The number of hydrogen-bond donors (Lipinski definition) is 3. The lowest BCUT2D eigenvalue weighted by Crippen LogP contribution is -2.38. The van der Waals surface area contributed by atoms with Crippen LogP contribution in [0.2, 0.25) is 10.0 Å². The highest BCUT2D eigenvalue weighted by Crippen LogP contribution is 2.23. The minimum Gasteiger partial charge on any atom is -0.386 e. The fraction of sp³-hybridized carbons (Fsp3) is 0.632. The van der Waals surface area contributed by atoms with Crippen molar-refractivity contribution in [2.24, 2.45) is 4.99 Å². The predicted molar refractivity (Wildman–Crippen MR) is 128 cm³/mol. The number of nitrogens with zero attached hydrogens (tertiary/aromatic N) is 2. The Kier molecular flexibility index (Phi) is 14.5. The van der Waals surface area contributed by atoms with Crippen molar-refractivity contribution in [3.63, 3.8) is 0 Å². The lowest BCUT2D eigenvalue weighted by Gasteiger charge is -2.20. The van der Waals surface area contributed by atoms with E-state index in [4.69, 9.17) is 23.2 Å². The van der Waals surface area contributed by atoms with Crippen LogP contribution in [0.1, 0.15) is 45.3 Å². The van der Waals surface area contributed by atoms with Gasteiger partial charge in [-0.1, -0.05) is 23.2 Å². The summed E-state index contributed by atoms with van der Waals surface area (Å²) in [6.07, 6.45) is 1.44. The van der Waals surface area contributed by atoms with E-state index in [1.165, 1.54) is 0 Å². The molecule has 0 aromatic heterocycles. The molecule has 0 aliphatic carbocycles. The van der Waals surface area contributed by atoms with Crippen LogP contribution < -0.4 is 10.6 Å². The van der Waals surface area contributed by atoms with Crippen LogP contribution in [0.5, 0.6) is 0 Å². The van der Waals surface area contributed by atoms with Gasteiger partial charge in [-0.3, -0.25) is 4.99 Å². The number of rotatable bonds is 10. The summed E-state index contributed by atoms with van der Waals surface area (Å²) in [6.45, 7) is 9.35. The Morgan fingerprint density at radius 1 is 1.15 bits per heavy atom. The minimum absolute atomic E-state index is 0. The molecule has 0 bridgehead atoms. The van der Waals surface area contributed by atoms with Gasteiger partial charge in [0.05, 0.1) is 12.6 Å². The number of unbranched alkanes of at least 4 members (excludes halogenated alkanes) is 1. The van der Waals surface area contributed by atoms with Crippen LogP contribution in [0.4, 0.5) is 0 Å². The maximum Gasteiger partial charge on any atom is 0.191 e. The van der Waals surface area contributed by atoms with E-state index < -0.39 is 6.10 Å². The number of aliphatic imine (C=N–C) groups is 1. The zero-order valence-corrected chi connectivity index (χ0v) is 20.5. The molecule has 0 aliphatic rings. The Labute approximate surface area is 190 Å². The molecule has 1 atom stereocenters. The lowest BCUT2D eigenvalue weighted by atomic mass is 10.1. The molecule has 0 fully saturated rings. The van der Waals surface area contributed by atoms with Crippen LogP contribution in [-0.4, -0.2) is 55.2 Å². The molecule has 1 rings (SSSR count). The highest BCUT2D eigenvalue weighted by atomic mass is 127. The summed E-state index contributed by atoms with van der Waals surface area (Å²) < 4.78 is 0. The maximum absolute atomic E-state index is 10.3. The second-order valence-electron chi connectivity index (χ2n) is 6.65. The first-order valence-electron chi connectivity index (χ1n) is 9.20. The van der Waals surface area contributed by atoms with Crippen molar-refractivity contribution in [1.29, 1.82) is 0 Å². The van der Waals surface area contributed by atoms with Gasteiger partial charge in [0.1, 0.15) is 0 Å². The molecule has 0 saturated heterocycles. The SMILES string of the molecule is CCNC(=NCC(O)c1cc(Cl)cc(Cl)c1)NCCCCN(C)C(C)C.I. The van der Waals surface area contributed by atoms with E-state index in [1.807, 2.05) is 6.92 Å². The van der Waals surface area contributed by atoms with Crippen molar-refractivity contribution in [3.05, 3.63) is 33.8 Å². The van der Waals surface area contributed by atoms with Gasteiger partial charge in [0.2, 0.25) is 0 Å². The quantitative estimate of drug-likeness (QED) is 0.182. The summed E-state index contributed by atoms with van der Waals surface area (Å²) in [6, 6.07) is 5.63. The monoisotopic (exact) mass is 530 g/mol. The van der Waals surface area contributed by atoms with Crippen LogP contribution in [0, 0.1) is 0 Å². The summed E-state index contributed by atoms with van der Waals surface area (Å²) in [5.74, 6) is 0.705. The van der Waals surface area contributed by atoms with E-state index in [0.717, 1.165) is 32.5 Å². The van der Waals surface area contributed by atoms with Crippen LogP contribution in [0.25, 0.3) is 0 Å². The number of benzene rings is 1. The molecular weight excluding hydrogens is 498 g/mol. The summed E-state index contributed by atoms with van der Waals surface area (Å²) in [5, 5.41) is 17.8. The number of aliphatic hydroxyl groups excluding tert-OH is 1. The molecule has 3 N–H and O–H groups in total. The predicted octanol–water partition coefficient (Wildman–Crippen LogP) is 4.32. The molecule has 1 aromatic carbocycles. The third kappa shape index (κ3) is 11.3. The highest BCUT2D eigenvalue weighted by molar-refractivity contribution is 14.0. The van der Waals surface area contributed by atoms with Gasteiger partial charge < -0.3 is 20.6 Å². The molecule has 8 heteroatoms. The Morgan fingerprint density at radius 3 is 2.33 bits per heavy atom. The van der Waals surface area contributed by atoms with E-state index in [9.17, 15) is 5.11 Å². The average Bonchev–Trinajstić information content (AvgIpc) is 2.57. The standard InChI is InChI=1S/C19H32Cl2N4O.HI/c1-5-22-19(23-8-6-7-9-25(4)14(2)3)24-13-18(26)15-10-16(20)12-17(21)11-15;/h10-12,14,18,26H,5-9,13H2,1-4H3,(H2,22,23,24);1H. The summed E-state index contributed by atoms with van der Waals surface area (Å²) in [4.78, 5) is 6.80. The topological polar surface area (TPSA) is 59.9 Å². The van der Waals surface area contributed by atoms with Gasteiger partial charge in [0, 0.05) is 29.2 Å². The van der Waals surface area contributed by atoms with Crippen LogP contribution in [-0.2, 0) is 0 Å². The van der Waals surface area contributed by atoms with Gasteiger partial charge in [0.25, 0.3) is 0 Å². The Balaban J connectivity index is 0.00000676. The summed E-state index contributed by atoms with van der Waals surface area (Å²) in [7, 11) is 2.15. The minimum atomic E-state index is -0.749. The van der Waals surface area contributed by atoms with Crippen LogP contribution in [0.15, 0.2) is 23.2 Å². The van der Waals surface area contributed by atoms with Gasteiger partial charge in [-0.15, -0.1) is 24.0 Å². The largest absolute Gasteiger partial charge is 0.386 e. The molecule has 0 radical (unpaired) electrons. The van der Waals surface area contributed by atoms with E-state index in [-0.39, 0.29) is 30.5 Å². The number of aliphatic hydroxyl groups is 1. The molecule has 156 valence electrons. The van der Waals surface area contributed by atoms with Crippen molar-refractivity contribution in [3.8, 4) is 0 Å². The lowest BCUT2D eigenvalue weighted by molar-refractivity contribution is 0.187. The first-order chi connectivity index (χ1) is 12.3. The second kappa shape index (κ2) is 14.7. The van der Waals surface area contributed by atoms with Gasteiger partial charge >= 0.3 is 0 Å². The Hall–Kier alpha value is -0.280. The molecule has 1 unspecified atom stereocenters. The second-order valence-corrected chi connectivity index (χ2v) is 7.52. The van der Waals surface area contributed by atoms with Gasteiger partial charge in [-0.25, -0.2) is 0 Å². The van der Waals surface area contributed by atoms with E-state index >= 15 is 0 Å². The molecule has 5 nitrogen and oxygen atoms in total. The van der Waals surface area contributed by atoms with E-state index in [2.05, 4.69) is 41.4 Å². The third-order valence-electron chi connectivity index (χ3n) is 4.15. The Morgan fingerprint density at radius 2 is 1.78 bits per heavy atom. The molecular formula is C19H33Cl2IN4O. The fourth-order valence-corrected chi connectivity index (χ4v) is 2.89. The third-order valence-corrected chi connectivity index (χ3v) is 4.58. The van der Waals surface area contributed by atoms with Crippen LogP contribution in [0.3, 0.4) is 0 Å². The van der Waals surface area contributed by atoms with E-state index in [1.54, 1.807) is 18.2 Å². The number of guanidine groups is 1. The van der Waals surface area contributed by atoms with E-state index in [0.29, 0.717) is 27.6 Å². The zero-order chi connectivity index (χ0) is 19.5. The fourth-order valence-electron chi connectivity index (χ4n) is 2.34. The molecule has 0 amide bonds. The maximum atomic E-state index is 10.3. The normalized spacial score (nSPS) is 12.9. The van der Waals surface area contributed by atoms with Crippen molar-refractivity contribution < 1.29 is 5.11 Å². The first kappa shape index (κ1) is 26.7. The molecule has 27 heavy (non-hydrogen) atoms. The van der Waals surface area contributed by atoms with Gasteiger partial charge in [0.15, 0.2) is 5.96 Å². The molecule has 0 aliphatic heterocycles. The first-order valence-corrected chi connectivity index (χ1v) is 9.95. The Bertz CT molecular complexity index is 552.